The predicted molar refractivity (Wildman–Crippen MR) is 116 cm³/mol. The standard InChI is InChI=1S/C22H21NO4S2/c1-15-7-8-16(2)21(13-15)29(25,26)27-19-11-9-17(10-12-19)22(24)23-18-5-4-6-20(14-18)28-3/h4-14H,1-3H3,(H,23,24). The number of nitrogens with one attached hydrogen (secondary N) is 1. The summed E-state index contributed by atoms with van der Waals surface area (Å²) in [5.41, 5.74) is 2.53. The first kappa shape index (κ1) is 21.0. The van der Waals surface area contributed by atoms with Gasteiger partial charge in [-0.1, -0.05) is 18.2 Å². The summed E-state index contributed by atoms with van der Waals surface area (Å²) in [5.74, 6) is -0.140. The lowest BCUT2D eigenvalue weighted by molar-refractivity contribution is 0.102. The lowest BCUT2D eigenvalue weighted by Gasteiger charge is -2.11. The van der Waals surface area contributed by atoms with Crippen molar-refractivity contribution in [3.63, 3.8) is 0 Å². The van der Waals surface area contributed by atoms with Gasteiger partial charge in [-0.05, 0) is 79.8 Å². The van der Waals surface area contributed by atoms with Crippen molar-refractivity contribution < 1.29 is 17.4 Å². The Hall–Kier alpha value is -2.77. The van der Waals surface area contributed by atoms with E-state index in [2.05, 4.69) is 5.32 Å². The largest absolute Gasteiger partial charge is 0.379 e. The van der Waals surface area contributed by atoms with Crippen LogP contribution in [-0.4, -0.2) is 20.6 Å². The van der Waals surface area contributed by atoms with Crippen LogP contribution in [0.15, 0.2) is 76.5 Å². The molecule has 5 nitrogen and oxygen atoms in total. The molecule has 0 fully saturated rings. The smallest absolute Gasteiger partial charge is 0.339 e. The number of amides is 1. The fraction of sp³-hybridized carbons (Fsp3) is 0.136. The molecule has 29 heavy (non-hydrogen) atoms. The first-order chi connectivity index (χ1) is 13.8. The van der Waals surface area contributed by atoms with Crippen LogP contribution in [-0.2, 0) is 10.1 Å². The fourth-order valence-electron chi connectivity index (χ4n) is 2.71. The van der Waals surface area contributed by atoms with E-state index in [1.54, 1.807) is 30.8 Å². The van der Waals surface area contributed by atoms with Crippen molar-refractivity contribution in [3.05, 3.63) is 83.4 Å². The highest BCUT2D eigenvalue weighted by molar-refractivity contribution is 7.98. The molecule has 0 aliphatic rings. The Kier molecular flexibility index (Phi) is 6.30. The third-order valence-electron chi connectivity index (χ3n) is 4.26. The lowest BCUT2D eigenvalue weighted by Crippen LogP contribution is -2.13. The van der Waals surface area contributed by atoms with Gasteiger partial charge in [0.15, 0.2) is 0 Å². The van der Waals surface area contributed by atoms with Crippen LogP contribution in [0.3, 0.4) is 0 Å². The zero-order chi connectivity index (χ0) is 21.0. The second-order valence-electron chi connectivity index (χ2n) is 6.52. The summed E-state index contributed by atoms with van der Waals surface area (Å²) < 4.78 is 30.4. The van der Waals surface area contributed by atoms with Crippen LogP contribution in [0.5, 0.6) is 5.75 Å². The van der Waals surface area contributed by atoms with Gasteiger partial charge in [0.05, 0.1) is 0 Å². The minimum atomic E-state index is -3.96. The Balaban J connectivity index is 1.74. The number of rotatable bonds is 6. The van der Waals surface area contributed by atoms with E-state index in [9.17, 15) is 13.2 Å². The summed E-state index contributed by atoms with van der Waals surface area (Å²) in [6.45, 7) is 3.54. The molecule has 150 valence electrons. The summed E-state index contributed by atoms with van der Waals surface area (Å²) in [6.07, 6.45) is 1.96. The number of thioether (sulfide) groups is 1. The molecule has 0 spiro atoms. The zero-order valence-corrected chi connectivity index (χ0v) is 17.9. The van der Waals surface area contributed by atoms with Crippen molar-refractivity contribution in [3.8, 4) is 5.75 Å². The first-order valence-corrected chi connectivity index (χ1v) is 11.5. The summed E-state index contributed by atoms with van der Waals surface area (Å²) in [5, 5.41) is 2.83. The summed E-state index contributed by atoms with van der Waals surface area (Å²) in [6, 6.07) is 18.7. The van der Waals surface area contributed by atoms with Gasteiger partial charge < -0.3 is 9.50 Å². The Bertz CT molecular complexity index is 1140. The molecule has 0 saturated carbocycles. The molecule has 0 aromatic heterocycles. The number of carbonyl (C=O) groups excluding carboxylic acids is 1. The van der Waals surface area contributed by atoms with Gasteiger partial charge in [0.25, 0.3) is 5.91 Å². The van der Waals surface area contributed by atoms with E-state index in [0.29, 0.717) is 16.8 Å². The molecule has 0 unspecified atom stereocenters. The van der Waals surface area contributed by atoms with Gasteiger partial charge in [-0.2, -0.15) is 8.42 Å². The van der Waals surface area contributed by atoms with Crippen molar-refractivity contribution in [1.29, 1.82) is 0 Å². The van der Waals surface area contributed by atoms with Crippen LogP contribution in [0.1, 0.15) is 21.5 Å². The SMILES string of the molecule is CSc1cccc(NC(=O)c2ccc(OS(=O)(=O)c3cc(C)ccc3C)cc2)c1. The second kappa shape index (κ2) is 8.71. The molecule has 0 radical (unpaired) electrons. The number of benzene rings is 3. The highest BCUT2D eigenvalue weighted by Gasteiger charge is 2.19. The van der Waals surface area contributed by atoms with E-state index >= 15 is 0 Å². The highest BCUT2D eigenvalue weighted by Crippen LogP contribution is 2.23. The molecule has 7 heteroatoms. The van der Waals surface area contributed by atoms with Crippen LogP contribution < -0.4 is 9.50 Å². The third kappa shape index (κ3) is 5.19. The average molecular weight is 428 g/mol. The van der Waals surface area contributed by atoms with Gasteiger partial charge in [-0.15, -0.1) is 11.8 Å². The van der Waals surface area contributed by atoms with E-state index in [-0.39, 0.29) is 16.6 Å². The molecular formula is C22H21NO4S2. The summed E-state index contributed by atoms with van der Waals surface area (Å²) in [7, 11) is -3.96. The number of hydrogen-bond donors (Lipinski definition) is 1. The van der Waals surface area contributed by atoms with Gasteiger partial charge in [-0.25, -0.2) is 0 Å². The maximum Gasteiger partial charge on any atom is 0.339 e. The zero-order valence-electron chi connectivity index (χ0n) is 16.3. The molecule has 3 rings (SSSR count). The van der Waals surface area contributed by atoms with Crippen molar-refractivity contribution in [1.82, 2.24) is 0 Å². The minimum Gasteiger partial charge on any atom is -0.379 e. The number of carbonyl (C=O) groups is 1. The van der Waals surface area contributed by atoms with Crippen LogP contribution >= 0.6 is 11.8 Å². The van der Waals surface area contributed by atoms with Crippen molar-refractivity contribution >= 4 is 33.5 Å². The Morgan fingerprint density at radius 3 is 2.38 bits per heavy atom. The van der Waals surface area contributed by atoms with Crippen LogP contribution in [0, 0.1) is 13.8 Å². The quantitative estimate of drug-likeness (QED) is 0.440. The van der Waals surface area contributed by atoms with Gasteiger partial charge >= 0.3 is 10.1 Å². The van der Waals surface area contributed by atoms with E-state index in [1.165, 1.54) is 24.3 Å². The van der Waals surface area contributed by atoms with Crippen molar-refractivity contribution in [2.75, 3.05) is 11.6 Å². The van der Waals surface area contributed by atoms with E-state index < -0.39 is 10.1 Å². The molecular weight excluding hydrogens is 406 g/mol. The van der Waals surface area contributed by atoms with Crippen LogP contribution in [0.25, 0.3) is 0 Å². The number of anilines is 1. The normalized spacial score (nSPS) is 11.1. The summed E-state index contributed by atoms with van der Waals surface area (Å²) >= 11 is 1.59. The second-order valence-corrected chi connectivity index (χ2v) is 8.91. The topological polar surface area (TPSA) is 72.5 Å². The number of hydrogen-bond acceptors (Lipinski definition) is 5. The Labute approximate surface area is 175 Å². The molecule has 1 amide bonds. The van der Waals surface area contributed by atoms with Gasteiger partial charge in [0.1, 0.15) is 10.6 Å². The van der Waals surface area contributed by atoms with Gasteiger partial charge in [0, 0.05) is 16.1 Å². The molecule has 3 aromatic carbocycles. The van der Waals surface area contributed by atoms with Crippen molar-refractivity contribution in [2.24, 2.45) is 0 Å². The van der Waals surface area contributed by atoms with E-state index in [1.807, 2.05) is 43.5 Å². The Morgan fingerprint density at radius 2 is 1.69 bits per heavy atom. The van der Waals surface area contributed by atoms with E-state index in [4.69, 9.17) is 4.18 Å². The van der Waals surface area contributed by atoms with Gasteiger partial charge in [0.2, 0.25) is 0 Å². The Morgan fingerprint density at radius 1 is 0.966 bits per heavy atom. The molecule has 0 saturated heterocycles. The van der Waals surface area contributed by atoms with Crippen LogP contribution in [0.2, 0.25) is 0 Å². The maximum atomic E-state index is 12.6. The highest BCUT2D eigenvalue weighted by atomic mass is 32.2. The lowest BCUT2D eigenvalue weighted by atomic mass is 10.2. The van der Waals surface area contributed by atoms with Gasteiger partial charge in [-0.3, -0.25) is 4.79 Å². The van der Waals surface area contributed by atoms with E-state index in [0.717, 1.165) is 10.5 Å². The maximum absolute atomic E-state index is 12.6. The molecule has 0 heterocycles. The average Bonchev–Trinajstić information content (AvgIpc) is 2.70. The molecule has 0 aliphatic heterocycles. The monoisotopic (exact) mass is 427 g/mol. The van der Waals surface area contributed by atoms with Crippen molar-refractivity contribution in [2.45, 2.75) is 23.6 Å². The fourth-order valence-corrected chi connectivity index (χ4v) is 4.42. The predicted octanol–water partition coefficient (Wildman–Crippen LogP) is 5.05. The number of aryl methyl sites for hydroxylation is 2. The third-order valence-corrected chi connectivity index (χ3v) is 6.38. The molecule has 0 aliphatic carbocycles. The molecule has 3 aromatic rings. The molecule has 0 bridgehead atoms. The first-order valence-electron chi connectivity index (χ1n) is 8.86. The molecule has 0 atom stereocenters. The van der Waals surface area contributed by atoms with Crippen LogP contribution in [0.4, 0.5) is 5.69 Å². The minimum absolute atomic E-state index is 0.132. The molecule has 1 N–H and O–H groups in total. The summed E-state index contributed by atoms with van der Waals surface area (Å²) in [4.78, 5) is 13.6.